The minimum atomic E-state index is -0.276. The number of ether oxygens (including phenoxy) is 1. The number of halogens is 1. The van der Waals surface area contributed by atoms with E-state index in [0.717, 1.165) is 21.8 Å². The lowest BCUT2D eigenvalue weighted by atomic mass is 10.2. The molecule has 0 radical (unpaired) electrons. The van der Waals surface area contributed by atoms with Crippen LogP contribution in [0.3, 0.4) is 0 Å². The molecule has 1 atom stereocenters. The van der Waals surface area contributed by atoms with Crippen LogP contribution >= 0.6 is 23.4 Å². The van der Waals surface area contributed by atoms with Crippen LogP contribution in [0.5, 0.6) is 5.75 Å². The van der Waals surface area contributed by atoms with Gasteiger partial charge in [-0.05, 0) is 66.6 Å². The van der Waals surface area contributed by atoms with Crippen LogP contribution < -0.4 is 10.2 Å². The number of benzene rings is 3. The van der Waals surface area contributed by atoms with Gasteiger partial charge >= 0.3 is 0 Å². The molecule has 29 heavy (non-hydrogen) atoms. The van der Waals surface area contributed by atoms with Crippen LogP contribution in [-0.2, 0) is 11.4 Å². The van der Waals surface area contributed by atoms with E-state index in [4.69, 9.17) is 16.3 Å². The second kappa shape index (κ2) is 10.7. The molecular weight excluding hydrogens is 404 g/mol. The summed E-state index contributed by atoms with van der Waals surface area (Å²) in [5, 5.41) is 4.44. The van der Waals surface area contributed by atoms with Crippen LogP contribution in [0.4, 0.5) is 0 Å². The summed E-state index contributed by atoms with van der Waals surface area (Å²) in [6.07, 6.45) is 1.61. The Morgan fingerprint density at radius 3 is 2.45 bits per heavy atom. The van der Waals surface area contributed by atoms with Crippen molar-refractivity contribution in [1.82, 2.24) is 5.43 Å². The second-order valence-electron chi connectivity index (χ2n) is 6.29. The molecule has 0 aliphatic carbocycles. The van der Waals surface area contributed by atoms with E-state index in [9.17, 15) is 4.79 Å². The summed E-state index contributed by atoms with van der Waals surface area (Å²) in [4.78, 5) is 13.2. The Morgan fingerprint density at radius 2 is 1.76 bits per heavy atom. The fraction of sp³-hybridized carbons (Fsp3) is 0.130. The third-order valence-corrected chi connectivity index (χ3v) is 5.38. The fourth-order valence-corrected chi connectivity index (χ4v) is 3.41. The smallest absolute Gasteiger partial charge is 0.253 e. The Labute approximate surface area is 179 Å². The predicted octanol–water partition coefficient (Wildman–Crippen LogP) is 5.55. The molecule has 0 aliphatic heterocycles. The van der Waals surface area contributed by atoms with Gasteiger partial charge in [0, 0.05) is 9.92 Å². The molecule has 3 aromatic carbocycles. The Hall–Kier alpha value is -2.76. The molecule has 0 aromatic heterocycles. The highest BCUT2D eigenvalue weighted by Crippen LogP contribution is 2.24. The third-order valence-electron chi connectivity index (χ3n) is 4.01. The van der Waals surface area contributed by atoms with Crippen LogP contribution in [0, 0.1) is 0 Å². The van der Waals surface area contributed by atoms with E-state index in [1.165, 1.54) is 11.8 Å². The van der Waals surface area contributed by atoms with E-state index in [0.29, 0.717) is 11.6 Å². The average molecular weight is 425 g/mol. The number of nitrogens with zero attached hydrogens (tertiary/aromatic N) is 1. The van der Waals surface area contributed by atoms with E-state index in [1.807, 2.05) is 73.7 Å². The summed E-state index contributed by atoms with van der Waals surface area (Å²) in [5.41, 5.74) is 4.56. The van der Waals surface area contributed by atoms with Gasteiger partial charge in [-0.25, -0.2) is 5.43 Å². The molecule has 0 saturated carbocycles. The Bertz CT molecular complexity index is 945. The molecule has 148 valence electrons. The first-order valence-electron chi connectivity index (χ1n) is 9.12. The molecule has 3 aromatic rings. The molecule has 0 bridgehead atoms. The van der Waals surface area contributed by atoms with Crippen molar-refractivity contribution >= 4 is 35.5 Å². The van der Waals surface area contributed by atoms with Crippen molar-refractivity contribution < 1.29 is 9.53 Å². The first-order chi connectivity index (χ1) is 14.1. The summed E-state index contributed by atoms with van der Waals surface area (Å²) in [5.74, 6) is 0.618. The topological polar surface area (TPSA) is 50.7 Å². The van der Waals surface area contributed by atoms with Crippen molar-refractivity contribution in [2.45, 2.75) is 23.7 Å². The Balaban J connectivity index is 1.45. The van der Waals surface area contributed by atoms with Crippen molar-refractivity contribution in [3.05, 3.63) is 95.0 Å². The Morgan fingerprint density at radius 1 is 1.07 bits per heavy atom. The lowest BCUT2D eigenvalue weighted by molar-refractivity contribution is -0.120. The summed E-state index contributed by atoms with van der Waals surface area (Å²) >= 11 is 7.33. The van der Waals surface area contributed by atoms with Gasteiger partial charge in [0.15, 0.2) is 0 Å². The maximum absolute atomic E-state index is 12.2. The average Bonchev–Trinajstić information content (AvgIpc) is 2.75. The van der Waals surface area contributed by atoms with Gasteiger partial charge in [-0.15, -0.1) is 11.8 Å². The molecule has 0 unspecified atom stereocenters. The van der Waals surface area contributed by atoms with E-state index < -0.39 is 0 Å². The van der Waals surface area contributed by atoms with E-state index in [2.05, 4.69) is 10.5 Å². The number of thioether (sulfide) groups is 1. The van der Waals surface area contributed by atoms with Gasteiger partial charge in [-0.2, -0.15) is 5.10 Å². The van der Waals surface area contributed by atoms with Crippen molar-refractivity contribution in [2.24, 2.45) is 5.10 Å². The van der Waals surface area contributed by atoms with E-state index >= 15 is 0 Å². The number of nitrogens with one attached hydrogen (secondary N) is 1. The second-order valence-corrected chi connectivity index (χ2v) is 8.14. The highest BCUT2D eigenvalue weighted by atomic mass is 35.5. The van der Waals surface area contributed by atoms with E-state index in [1.54, 1.807) is 18.3 Å². The van der Waals surface area contributed by atoms with Gasteiger partial charge in [-0.1, -0.05) is 41.9 Å². The summed E-state index contributed by atoms with van der Waals surface area (Å²) in [6, 6.07) is 24.9. The number of hydrogen-bond acceptors (Lipinski definition) is 4. The van der Waals surface area contributed by atoms with Crippen molar-refractivity contribution in [3.63, 3.8) is 0 Å². The van der Waals surface area contributed by atoms with Crippen LogP contribution in [-0.4, -0.2) is 17.4 Å². The van der Waals surface area contributed by atoms with Crippen LogP contribution in [0.15, 0.2) is 88.9 Å². The fourth-order valence-electron chi connectivity index (χ4n) is 2.42. The SMILES string of the molecule is C[C@H](Sc1ccc(Cl)cc1)C(=O)N/N=C\c1ccc(OCc2ccccc2)cc1. The highest BCUT2D eigenvalue weighted by molar-refractivity contribution is 8.00. The molecule has 1 N–H and O–H groups in total. The van der Waals surface area contributed by atoms with Crippen molar-refractivity contribution in [2.75, 3.05) is 0 Å². The third kappa shape index (κ3) is 6.97. The maximum Gasteiger partial charge on any atom is 0.253 e. The van der Waals surface area contributed by atoms with Crippen LogP contribution in [0.25, 0.3) is 0 Å². The lowest BCUT2D eigenvalue weighted by Gasteiger charge is -2.09. The van der Waals surface area contributed by atoms with Gasteiger partial charge in [-0.3, -0.25) is 4.79 Å². The van der Waals surface area contributed by atoms with Crippen molar-refractivity contribution in [3.8, 4) is 5.75 Å². The largest absolute Gasteiger partial charge is 0.489 e. The van der Waals surface area contributed by atoms with E-state index in [-0.39, 0.29) is 11.2 Å². The van der Waals surface area contributed by atoms with Gasteiger partial charge in [0.2, 0.25) is 0 Å². The predicted molar refractivity (Wildman–Crippen MR) is 120 cm³/mol. The first kappa shape index (κ1) is 21.0. The number of hydrazone groups is 1. The number of carbonyl (C=O) groups is 1. The van der Waals surface area contributed by atoms with Gasteiger partial charge in [0.05, 0.1) is 11.5 Å². The molecule has 4 nitrogen and oxygen atoms in total. The summed E-state index contributed by atoms with van der Waals surface area (Å²) < 4.78 is 5.76. The van der Waals surface area contributed by atoms with Crippen LogP contribution in [0.2, 0.25) is 5.02 Å². The zero-order chi connectivity index (χ0) is 20.5. The first-order valence-corrected chi connectivity index (χ1v) is 10.4. The lowest BCUT2D eigenvalue weighted by Crippen LogP contribution is -2.26. The minimum absolute atomic E-state index is 0.163. The molecule has 6 heteroatoms. The number of hydrogen-bond donors (Lipinski definition) is 1. The Kier molecular flexibility index (Phi) is 7.73. The molecule has 1 amide bonds. The highest BCUT2D eigenvalue weighted by Gasteiger charge is 2.13. The van der Waals surface area contributed by atoms with Gasteiger partial charge in [0.1, 0.15) is 12.4 Å². The monoisotopic (exact) mass is 424 g/mol. The molecule has 0 fully saturated rings. The molecule has 0 aliphatic rings. The zero-order valence-electron chi connectivity index (χ0n) is 15.9. The zero-order valence-corrected chi connectivity index (χ0v) is 17.5. The minimum Gasteiger partial charge on any atom is -0.489 e. The normalized spacial score (nSPS) is 11.9. The number of amides is 1. The van der Waals surface area contributed by atoms with Gasteiger partial charge in [0.25, 0.3) is 5.91 Å². The maximum atomic E-state index is 12.2. The summed E-state index contributed by atoms with van der Waals surface area (Å²) in [7, 11) is 0. The molecule has 0 spiro atoms. The standard InChI is InChI=1S/C23H21ClN2O2S/c1-17(29-22-13-9-20(24)10-14-22)23(27)26-25-15-18-7-11-21(12-8-18)28-16-19-5-3-2-4-6-19/h2-15,17H,16H2,1H3,(H,26,27)/b25-15-/t17-/m0/s1. The quantitative estimate of drug-likeness (QED) is 0.293. The number of carbonyl (C=O) groups excluding carboxylic acids is 1. The molecule has 3 rings (SSSR count). The van der Waals surface area contributed by atoms with Crippen LogP contribution in [0.1, 0.15) is 18.1 Å². The molecule has 0 saturated heterocycles. The summed E-state index contributed by atoms with van der Waals surface area (Å²) in [6.45, 7) is 2.36. The number of rotatable bonds is 8. The molecule has 0 heterocycles. The van der Waals surface area contributed by atoms with Crippen molar-refractivity contribution in [1.29, 1.82) is 0 Å². The molecular formula is C23H21ClN2O2S. The van der Waals surface area contributed by atoms with Gasteiger partial charge < -0.3 is 4.74 Å².